The lowest BCUT2D eigenvalue weighted by atomic mass is 9.78. The van der Waals surface area contributed by atoms with Gasteiger partial charge in [-0.05, 0) is 13.3 Å². The lowest BCUT2D eigenvalue weighted by molar-refractivity contribution is -0.150. The number of carbonyl (C=O) groups is 1. The summed E-state index contributed by atoms with van der Waals surface area (Å²) >= 11 is 0. The van der Waals surface area contributed by atoms with E-state index in [1.165, 1.54) is 0 Å². The molecule has 68 valence electrons. The molecule has 1 aliphatic rings. The third kappa shape index (κ3) is 1.25. The summed E-state index contributed by atoms with van der Waals surface area (Å²) in [6, 6.07) is 0. The molecular weight excluding hydrogens is 156 g/mol. The molecule has 1 fully saturated rings. The minimum atomic E-state index is -0.720. The zero-order valence-electron chi connectivity index (χ0n) is 7.25. The predicted octanol–water partition coefficient (Wildman–Crippen LogP) is 0.877. The molecule has 0 amide bonds. The fourth-order valence-electron chi connectivity index (χ4n) is 1.56. The quantitative estimate of drug-likeness (QED) is 0.505. The summed E-state index contributed by atoms with van der Waals surface area (Å²) in [5, 5.41) is 9.46. The Morgan fingerprint density at radius 1 is 1.92 bits per heavy atom. The van der Waals surface area contributed by atoms with Crippen LogP contribution in [0.25, 0.3) is 0 Å². The molecule has 0 radical (unpaired) electrons. The Kier molecular flexibility index (Phi) is 2.52. The van der Waals surface area contributed by atoms with E-state index < -0.39 is 11.5 Å². The molecule has 1 N–H and O–H groups in total. The fraction of sp³-hybridized carbons (Fsp3) is 0.667. The third-order valence-corrected chi connectivity index (χ3v) is 2.50. The van der Waals surface area contributed by atoms with Crippen LogP contribution < -0.4 is 0 Å². The Hall–Kier alpha value is -0.830. The van der Waals surface area contributed by atoms with Crippen LogP contribution in [0, 0.1) is 5.41 Å². The second-order valence-corrected chi connectivity index (χ2v) is 3.21. The number of hydrogen-bond donors (Lipinski definition) is 1. The number of carbonyl (C=O) groups excluding carboxylic acids is 1. The van der Waals surface area contributed by atoms with Gasteiger partial charge in [0.15, 0.2) is 0 Å². The zero-order valence-corrected chi connectivity index (χ0v) is 7.25. The number of allylic oxidation sites excluding steroid dienone is 1. The van der Waals surface area contributed by atoms with Crippen molar-refractivity contribution in [2.45, 2.75) is 25.9 Å². The van der Waals surface area contributed by atoms with E-state index in [1.807, 2.05) is 0 Å². The largest absolute Gasteiger partial charge is 0.465 e. The maximum Gasteiger partial charge on any atom is 0.315 e. The first-order valence-electron chi connectivity index (χ1n) is 4.09. The van der Waals surface area contributed by atoms with E-state index in [-0.39, 0.29) is 5.97 Å². The second-order valence-electron chi connectivity index (χ2n) is 3.21. The van der Waals surface area contributed by atoms with E-state index in [4.69, 9.17) is 4.74 Å². The number of esters is 1. The molecule has 3 heteroatoms. The average molecular weight is 170 g/mol. The van der Waals surface area contributed by atoms with Crippen LogP contribution in [0.1, 0.15) is 19.8 Å². The third-order valence-electron chi connectivity index (χ3n) is 2.50. The van der Waals surface area contributed by atoms with E-state index in [0.29, 0.717) is 19.4 Å². The molecule has 0 unspecified atom stereocenters. The van der Waals surface area contributed by atoms with Gasteiger partial charge in [0.2, 0.25) is 0 Å². The minimum Gasteiger partial charge on any atom is -0.465 e. The molecule has 1 heterocycles. The van der Waals surface area contributed by atoms with Crippen LogP contribution in [0.15, 0.2) is 12.7 Å². The molecule has 0 aromatic carbocycles. The standard InChI is InChI=1S/C9H14O3/c1-3-4-9(7(2)10)5-6-12-8(9)11/h3,7,10H,1,4-6H2,2H3/t7-,9+/m1/s1. The Morgan fingerprint density at radius 2 is 2.58 bits per heavy atom. The Balaban J connectivity index is 2.84. The molecule has 0 aromatic rings. The van der Waals surface area contributed by atoms with Gasteiger partial charge in [-0.15, -0.1) is 6.58 Å². The van der Waals surface area contributed by atoms with Gasteiger partial charge in [0.25, 0.3) is 0 Å². The summed E-state index contributed by atoms with van der Waals surface area (Å²) < 4.78 is 4.84. The van der Waals surface area contributed by atoms with Gasteiger partial charge in [-0.25, -0.2) is 0 Å². The molecule has 1 saturated heterocycles. The van der Waals surface area contributed by atoms with Crippen molar-refractivity contribution in [2.75, 3.05) is 6.61 Å². The molecule has 1 rings (SSSR count). The number of ether oxygens (including phenoxy) is 1. The SMILES string of the molecule is C=CC[C@@]1([C@@H](C)O)CCOC1=O. The predicted molar refractivity (Wildman–Crippen MR) is 44.5 cm³/mol. The normalized spacial score (nSPS) is 31.3. The summed E-state index contributed by atoms with van der Waals surface area (Å²) in [5.74, 6) is -0.294. The van der Waals surface area contributed by atoms with Gasteiger partial charge < -0.3 is 9.84 Å². The molecule has 0 spiro atoms. The Morgan fingerprint density at radius 3 is 2.92 bits per heavy atom. The summed E-state index contributed by atoms with van der Waals surface area (Å²) in [7, 11) is 0. The molecule has 2 atom stereocenters. The topological polar surface area (TPSA) is 46.5 Å². The van der Waals surface area contributed by atoms with Crippen LogP contribution in [0.3, 0.4) is 0 Å². The summed E-state index contributed by atoms with van der Waals surface area (Å²) in [6.07, 6.45) is 2.07. The lowest BCUT2D eigenvalue weighted by Crippen LogP contribution is -2.37. The van der Waals surface area contributed by atoms with Crippen molar-refractivity contribution in [2.24, 2.45) is 5.41 Å². The first-order valence-corrected chi connectivity index (χ1v) is 4.09. The van der Waals surface area contributed by atoms with Gasteiger partial charge in [0, 0.05) is 6.42 Å². The molecule has 3 nitrogen and oxygen atoms in total. The number of aliphatic hydroxyl groups is 1. The summed E-state index contributed by atoms with van der Waals surface area (Å²) in [6.45, 7) is 5.60. The van der Waals surface area contributed by atoms with Crippen molar-refractivity contribution in [3.05, 3.63) is 12.7 Å². The van der Waals surface area contributed by atoms with Gasteiger partial charge in [0.05, 0.1) is 12.7 Å². The Labute approximate surface area is 72.0 Å². The van der Waals surface area contributed by atoms with Crippen LogP contribution in [0.4, 0.5) is 0 Å². The molecule has 1 aliphatic heterocycles. The highest BCUT2D eigenvalue weighted by molar-refractivity contribution is 5.79. The highest BCUT2D eigenvalue weighted by Gasteiger charge is 2.47. The van der Waals surface area contributed by atoms with E-state index in [0.717, 1.165) is 0 Å². The number of aliphatic hydroxyl groups excluding tert-OH is 1. The monoisotopic (exact) mass is 170 g/mol. The van der Waals surface area contributed by atoms with Crippen molar-refractivity contribution < 1.29 is 14.6 Å². The number of hydrogen-bond acceptors (Lipinski definition) is 3. The molecule has 0 aliphatic carbocycles. The smallest absolute Gasteiger partial charge is 0.315 e. The Bertz CT molecular complexity index is 198. The molecule has 12 heavy (non-hydrogen) atoms. The molecule has 0 saturated carbocycles. The first kappa shape index (κ1) is 9.26. The van der Waals surface area contributed by atoms with Gasteiger partial charge in [-0.3, -0.25) is 4.79 Å². The van der Waals surface area contributed by atoms with Gasteiger partial charge in [-0.1, -0.05) is 6.08 Å². The van der Waals surface area contributed by atoms with Crippen molar-refractivity contribution in [3.8, 4) is 0 Å². The first-order chi connectivity index (χ1) is 5.63. The van der Waals surface area contributed by atoms with Gasteiger partial charge in [0.1, 0.15) is 5.41 Å². The van der Waals surface area contributed by atoms with Crippen molar-refractivity contribution in [3.63, 3.8) is 0 Å². The van der Waals surface area contributed by atoms with Crippen LogP contribution in [0.2, 0.25) is 0 Å². The van der Waals surface area contributed by atoms with Crippen LogP contribution >= 0.6 is 0 Å². The summed E-state index contributed by atoms with van der Waals surface area (Å²) in [4.78, 5) is 11.3. The highest BCUT2D eigenvalue weighted by atomic mass is 16.5. The zero-order chi connectivity index (χ0) is 9.19. The summed E-state index contributed by atoms with van der Waals surface area (Å²) in [5.41, 5.74) is -0.720. The molecular formula is C9H14O3. The van der Waals surface area contributed by atoms with E-state index in [1.54, 1.807) is 13.0 Å². The average Bonchev–Trinajstić information content (AvgIpc) is 2.34. The molecule has 0 bridgehead atoms. The van der Waals surface area contributed by atoms with E-state index >= 15 is 0 Å². The van der Waals surface area contributed by atoms with Crippen LogP contribution in [-0.4, -0.2) is 23.8 Å². The van der Waals surface area contributed by atoms with Crippen LogP contribution in [-0.2, 0) is 9.53 Å². The second kappa shape index (κ2) is 3.27. The maximum atomic E-state index is 11.3. The minimum absolute atomic E-state index is 0.294. The highest BCUT2D eigenvalue weighted by Crippen LogP contribution is 2.37. The lowest BCUT2D eigenvalue weighted by Gasteiger charge is -2.25. The van der Waals surface area contributed by atoms with Crippen molar-refractivity contribution >= 4 is 5.97 Å². The van der Waals surface area contributed by atoms with Gasteiger partial charge >= 0.3 is 5.97 Å². The maximum absolute atomic E-state index is 11.3. The number of cyclic esters (lactones) is 1. The van der Waals surface area contributed by atoms with Crippen molar-refractivity contribution in [1.82, 2.24) is 0 Å². The van der Waals surface area contributed by atoms with E-state index in [2.05, 4.69) is 6.58 Å². The molecule has 0 aromatic heterocycles. The van der Waals surface area contributed by atoms with Crippen molar-refractivity contribution in [1.29, 1.82) is 0 Å². The van der Waals surface area contributed by atoms with Gasteiger partial charge in [-0.2, -0.15) is 0 Å². The fourth-order valence-corrected chi connectivity index (χ4v) is 1.56. The number of rotatable bonds is 3. The van der Waals surface area contributed by atoms with Crippen LogP contribution in [0.5, 0.6) is 0 Å². The van der Waals surface area contributed by atoms with E-state index in [9.17, 15) is 9.90 Å².